The van der Waals surface area contributed by atoms with E-state index >= 15 is 0 Å². The summed E-state index contributed by atoms with van der Waals surface area (Å²) in [6, 6.07) is 0. The van der Waals surface area contributed by atoms with Crippen molar-refractivity contribution in [3.8, 4) is 0 Å². The third kappa shape index (κ3) is 10.5. The summed E-state index contributed by atoms with van der Waals surface area (Å²) >= 11 is 1.98. The molecule has 0 aromatic carbocycles. The van der Waals surface area contributed by atoms with E-state index in [1.54, 1.807) is 0 Å². The van der Waals surface area contributed by atoms with Crippen LogP contribution in [0.15, 0.2) is 0 Å². The second-order valence-electron chi connectivity index (χ2n) is 4.53. The van der Waals surface area contributed by atoms with Crippen molar-refractivity contribution >= 4 is 35.0 Å². The minimum Gasteiger partial charge on any atom is -0.455 e. The highest BCUT2D eigenvalue weighted by molar-refractivity contribution is 14.1. The van der Waals surface area contributed by atoms with Crippen LogP contribution < -0.4 is 0 Å². The molecule has 0 spiro atoms. The van der Waals surface area contributed by atoms with Crippen molar-refractivity contribution in [3.05, 3.63) is 0 Å². The van der Waals surface area contributed by atoms with Crippen LogP contribution in [0.25, 0.3) is 0 Å². The number of esters is 1. The highest BCUT2D eigenvalue weighted by atomic mass is 127. The van der Waals surface area contributed by atoms with Gasteiger partial charge in [-0.2, -0.15) is 0 Å². The first kappa shape index (κ1) is 16.6. The molecule has 0 radical (unpaired) electrons. The van der Waals surface area contributed by atoms with Crippen molar-refractivity contribution < 1.29 is 19.2 Å². The van der Waals surface area contributed by atoms with Crippen LogP contribution in [0.3, 0.4) is 0 Å². The van der Waals surface area contributed by atoms with Gasteiger partial charge in [-0.3, -0.25) is 14.4 Å². The van der Waals surface area contributed by atoms with Crippen LogP contribution in [0.2, 0.25) is 0 Å². The Morgan fingerprint density at radius 2 is 2.00 bits per heavy atom. The molecule has 6 heteroatoms. The number of hydroxylamine groups is 2. The van der Waals surface area contributed by atoms with Gasteiger partial charge in [0.1, 0.15) is 4.61 Å². The van der Waals surface area contributed by atoms with Gasteiger partial charge in [-0.25, -0.2) is 5.06 Å². The summed E-state index contributed by atoms with van der Waals surface area (Å²) in [6.07, 6.45) is 2.44. The van der Waals surface area contributed by atoms with E-state index < -0.39 is 0 Å². The molecule has 1 amide bonds. The summed E-state index contributed by atoms with van der Waals surface area (Å²) in [7, 11) is 0. The molecule has 0 saturated heterocycles. The van der Waals surface area contributed by atoms with Crippen molar-refractivity contribution in [2.75, 3.05) is 11.2 Å². The number of alkyl halides is 1. The minimum absolute atomic E-state index is 0.200. The third-order valence-electron chi connectivity index (χ3n) is 1.73. The molecule has 0 aromatic heterocycles. The Hall–Kier alpha value is -0.370. The van der Waals surface area contributed by atoms with Crippen molar-refractivity contribution in [3.63, 3.8) is 0 Å². The molecule has 0 fully saturated rings. The average Bonchev–Trinajstić information content (AvgIpc) is 2.21. The van der Waals surface area contributed by atoms with Crippen molar-refractivity contribution in [2.45, 2.75) is 45.6 Å². The number of hydrogen-bond donors (Lipinski definition) is 0. The summed E-state index contributed by atoms with van der Waals surface area (Å²) in [5.41, 5.74) is -0.388. The zero-order chi connectivity index (χ0) is 13.3. The second kappa shape index (κ2) is 8.68. The number of unbranched alkanes of at least 4 members (excludes halogenated alkanes) is 1. The molecule has 0 heterocycles. The first-order valence-electron chi connectivity index (χ1n) is 5.51. The lowest BCUT2D eigenvalue weighted by molar-refractivity contribution is -0.216. The fourth-order valence-electron chi connectivity index (χ4n) is 1.14. The van der Waals surface area contributed by atoms with E-state index in [0.29, 0.717) is 36.8 Å². The molecule has 0 rings (SSSR count). The molecule has 0 aliphatic heterocycles. The van der Waals surface area contributed by atoms with E-state index in [4.69, 9.17) is 9.57 Å². The van der Waals surface area contributed by atoms with E-state index in [9.17, 15) is 9.59 Å². The van der Waals surface area contributed by atoms with Gasteiger partial charge in [0, 0.05) is 13.0 Å². The molecule has 0 aliphatic carbocycles. The number of halogens is 1. The molecule has 17 heavy (non-hydrogen) atoms. The lowest BCUT2D eigenvalue weighted by atomic mass is 10.2. The van der Waals surface area contributed by atoms with Gasteiger partial charge >= 0.3 is 5.97 Å². The van der Waals surface area contributed by atoms with Gasteiger partial charge in [0.15, 0.2) is 0 Å². The van der Waals surface area contributed by atoms with Crippen molar-refractivity contribution in [1.29, 1.82) is 0 Å². The van der Waals surface area contributed by atoms with Gasteiger partial charge < -0.3 is 4.74 Å². The number of amides is 1. The fraction of sp³-hybridized carbons (Fsp3) is 0.818. The van der Waals surface area contributed by atoms with Crippen LogP contribution in [0.4, 0.5) is 0 Å². The van der Waals surface area contributed by atoms with Gasteiger partial charge in [0.2, 0.25) is 6.41 Å². The van der Waals surface area contributed by atoms with Gasteiger partial charge in [-0.05, 0) is 56.2 Å². The topological polar surface area (TPSA) is 55.8 Å². The Morgan fingerprint density at radius 1 is 1.35 bits per heavy atom. The second-order valence-corrected chi connectivity index (χ2v) is 5.16. The normalized spacial score (nSPS) is 11.1. The summed E-state index contributed by atoms with van der Waals surface area (Å²) in [5, 5.41) is 1.27. The third-order valence-corrected chi connectivity index (χ3v) is 2.05. The Kier molecular flexibility index (Phi) is 8.49. The number of ether oxygens (including phenoxy) is 1. The summed E-state index contributed by atoms with van der Waals surface area (Å²) in [6.45, 7) is 6.11. The Balaban J connectivity index is 3.71. The summed E-state index contributed by atoms with van der Waals surface area (Å²) < 4.78 is 5.17. The molecular weight excluding hydrogens is 337 g/mol. The Labute approximate surface area is 116 Å². The zero-order valence-corrected chi connectivity index (χ0v) is 12.7. The molecule has 0 aromatic rings. The maximum atomic E-state index is 11.0. The summed E-state index contributed by atoms with van der Waals surface area (Å²) in [5.74, 6) is -0.200. The number of nitrogens with zero attached hydrogens (tertiary/aromatic N) is 1. The van der Waals surface area contributed by atoms with Crippen LogP contribution in [-0.2, 0) is 19.2 Å². The van der Waals surface area contributed by atoms with Crippen LogP contribution in [0, 0.1) is 0 Å². The molecule has 0 unspecified atom stereocenters. The number of carbonyl (C=O) groups is 2. The zero-order valence-electron chi connectivity index (χ0n) is 10.6. The quantitative estimate of drug-likeness (QED) is 0.167. The maximum absolute atomic E-state index is 11.0. The standard InChI is InChI=1S/C11H20INO4/c1-11(2,3)17-13(9-14)7-5-4-6-10(15)16-8-12/h9H,4-8H2,1-3H3. The fourth-order valence-corrected chi connectivity index (χ4v) is 1.49. The lowest BCUT2D eigenvalue weighted by Crippen LogP contribution is -2.33. The molecule has 100 valence electrons. The number of carbonyl (C=O) groups excluding carboxylic acids is 2. The van der Waals surface area contributed by atoms with E-state index in [2.05, 4.69) is 0 Å². The number of rotatable bonds is 8. The SMILES string of the molecule is CC(C)(C)ON(C=O)CCCCC(=O)OCI. The van der Waals surface area contributed by atoms with Crippen LogP contribution >= 0.6 is 22.6 Å². The molecule has 0 saturated carbocycles. The largest absolute Gasteiger partial charge is 0.455 e. The van der Waals surface area contributed by atoms with Crippen LogP contribution in [-0.4, -0.2) is 34.2 Å². The van der Waals surface area contributed by atoms with E-state index in [1.807, 2.05) is 43.4 Å². The van der Waals surface area contributed by atoms with Gasteiger partial charge in [0.25, 0.3) is 0 Å². The Morgan fingerprint density at radius 3 is 2.47 bits per heavy atom. The smallest absolute Gasteiger partial charge is 0.306 e. The first-order valence-corrected chi connectivity index (χ1v) is 7.04. The highest BCUT2D eigenvalue weighted by Crippen LogP contribution is 2.10. The minimum atomic E-state index is -0.388. The Bertz CT molecular complexity index is 240. The predicted octanol–water partition coefficient (Wildman–Crippen LogP) is 2.28. The molecular formula is C11H20INO4. The summed E-state index contributed by atoms with van der Waals surface area (Å²) in [4.78, 5) is 27.2. The monoisotopic (exact) mass is 357 g/mol. The molecule has 5 nitrogen and oxygen atoms in total. The molecule has 0 atom stereocenters. The van der Waals surface area contributed by atoms with Gasteiger partial charge in [-0.1, -0.05) is 0 Å². The molecule has 0 bridgehead atoms. The van der Waals surface area contributed by atoms with E-state index in [1.165, 1.54) is 5.06 Å². The predicted molar refractivity (Wildman–Crippen MR) is 72.4 cm³/mol. The lowest BCUT2D eigenvalue weighted by Gasteiger charge is -2.26. The van der Waals surface area contributed by atoms with Gasteiger partial charge in [0.05, 0.1) is 5.60 Å². The number of hydrogen-bond acceptors (Lipinski definition) is 4. The highest BCUT2D eigenvalue weighted by Gasteiger charge is 2.15. The molecule has 0 aliphatic rings. The molecule has 0 N–H and O–H groups in total. The first-order chi connectivity index (χ1) is 7.89. The van der Waals surface area contributed by atoms with E-state index in [0.717, 1.165) is 0 Å². The van der Waals surface area contributed by atoms with Crippen molar-refractivity contribution in [1.82, 2.24) is 5.06 Å². The van der Waals surface area contributed by atoms with Crippen LogP contribution in [0.5, 0.6) is 0 Å². The van der Waals surface area contributed by atoms with Crippen molar-refractivity contribution in [2.24, 2.45) is 0 Å². The van der Waals surface area contributed by atoms with E-state index in [-0.39, 0.29) is 11.6 Å². The van der Waals surface area contributed by atoms with Gasteiger partial charge in [-0.15, -0.1) is 0 Å². The maximum Gasteiger partial charge on any atom is 0.306 e. The average molecular weight is 357 g/mol. The van der Waals surface area contributed by atoms with Crippen LogP contribution in [0.1, 0.15) is 40.0 Å².